The maximum atomic E-state index is 10.3. The van der Waals surface area contributed by atoms with Crippen LogP contribution in [0.15, 0.2) is 12.4 Å². The third kappa shape index (κ3) is 1.61. The van der Waals surface area contributed by atoms with Crippen molar-refractivity contribution in [3.05, 3.63) is 18.0 Å². The average molecular weight is 180 g/mol. The van der Waals surface area contributed by atoms with Crippen molar-refractivity contribution in [3.63, 3.8) is 0 Å². The van der Waals surface area contributed by atoms with Gasteiger partial charge < -0.3 is 5.11 Å². The highest BCUT2D eigenvalue weighted by molar-refractivity contribution is 5.15. The number of nitrogens with zero attached hydrogens (tertiary/aromatic N) is 2. The van der Waals surface area contributed by atoms with Gasteiger partial charge in [0.2, 0.25) is 0 Å². The highest BCUT2D eigenvalue weighted by atomic mass is 16.3. The highest BCUT2D eigenvalue weighted by Gasteiger charge is 2.31. The Morgan fingerprint density at radius 2 is 2.08 bits per heavy atom. The molecule has 0 amide bonds. The van der Waals surface area contributed by atoms with Crippen LogP contribution in [0.3, 0.4) is 0 Å². The van der Waals surface area contributed by atoms with Crippen LogP contribution >= 0.6 is 0 Å². The molecule has 1 N–H and O–H groups in total. The van der Waals surface area contributed by atoms with Gasteiger partial charge in [0, 0.05) is 18.8 Å². The van der Waals surface area contributed by atoms with E-state index in [0.29, 0.717) is 0 Å². The summed E-state index contributed by atoms with van der Waals surface area (Å²) in [4.78, 5) is 0. The lowest BCUT2D eigenvalue weighted by Crippen LogP contribution is -2.27. The molecule has 0 unspecified atom stereocenters. The zero-order chi connectivity index (χ0) is 9.31. The first-order valence-corrected chi connectivity index (χ1v) is 4.92. The largest absolute Gasteiger partial charge is 0.385 e. The van der Waals surface area contributed by atoms with E-state index >= 15 is 0 Å². The fourth-order valence-electron chi connectivity index (χ4n) is 2.09. The summed E-state index contributed by atoms with van der Waals surface area (Å²) in [6.45, 7) is 0. The minimum absolute atomic E-state index is 0.591. The van der Waals surface area contributed by atoms with Crippen molar-refractivity contribution in [2.24, 2.45) is 7.05 Å². The molecule has 1 aromatic rings. The van der Waals surface area contributed by atoms with Gasteiger partial charge >= 0.3 is 0 Å². The number of aliphatic hydroxyl groups is 1. The lowest BCUT2D eigenvalue weighted by atomic mass is 9.81. The normalized spacial score (nSPS) is 21.7. The fraction of sp³-hybridized carbons (Fsp3) is 0.700. The molecule has 1 aromatic heterocycles. The molecule has 0 radical (unpaired) electrons. The van der Waals surface area contributed by atoms with E-state index in [2.05, 4.69) is 5.10 Å². The third-order valence-electron chi connectivity index (χ3n) is 2.92. The molecule has 3 heteroatoms. The van der Waals surface area contributed by atoms with Gasteiger partial charge in [-0.25, -0.2) is 0 Å². The van der Waals surface area contributed by atoms with E-state index < -0.39 is 5.60 Å². The molecular formula is C10H16N2O. The minimum atomic E-state index is -0.591. The Labute approximate surface area is 78.4 Å². The van der Waals surface area contributed by atoms with Crippen molar-refractivity contribution >= 4 is 0 Å². The van der Waals surface area contributed by atoms with Crippen LogP contribution in [0, 0.1) is 0 Å². The van der Waals surface area contributed by atoms with Crippen LogP contribution in [0.1, 0.15) is 37.7 Å². The Hall–Kier alpha value is -0.830. The molecule has 0 aromatic carbocycles. The summed E-state index contributed by atoms with van der Waals surface area (Å²) < 4.78 is 1.75. The van der Waals surface area contributed by atoms with E-state index in [9.17, 15) is 5.11 Å². The van der Waals surface area contributed by atoms with E-state index in [1.54, 1.807) is 10.9 Å². The summed E-state index contributed by atoms with van der Waals surface area (Å²) in [6.07, 6.45) is 8.99. The Morgan fingerprint density at radius 3 is 2.62 bits per heavy atom. The molecule has 1 aliphatic carbocycles. The Morgan fingerprint density at radius 1 is 1.38 bits per heavy atom. The molecule has 0 aliphatic heterocycles. The fourth-order valence-corrected chi connectivity index (χ4v) is 2.09. The van der Waals surface area contributed by atoms with E-state index in [1.165, 1.54) is 6.42 Å². The SMILES string of the molecule is Cn1cc(C2(O)CCCCC2)cn1. The molecule has 1 saturated carbocycles. The Bertz CT molecular complexity index is 287. The molecule has 13 heavy (non-hydrogen) atoms. The van der Waals surface area contributed by atoms with E-state index in [-0.39, 0.29) is 0 Å². The van der Waals surface area contributed by atoms with Crippen molar-refractivity contribution < 1.29 is 5.11 Å². The quantitative estimate of drug-likeness (QED) is 0.712. The van der Waals surface area contributed by atoms with Crippen molar-refractivity contribution in [2.75, 3.05) is 0 Å². The summed E-state index contributed by atoms with van der Waals surface area (Å²) in [7, 11) is 1.88. The number of rotatable bonds is 1. The Kier molecular flexibility index (Phi) is 2.12. The van der Waals surface area contributed by atoms with Crippen LogP contribution in [-0.4, -0.2) is 14.9 Å². The molecule has 2 rings (SSSR count). The van der Waals surface area contributed by atoms with Crippen LogP contribution in [0.5, 0.6) is 0 Å². The maximum absolute atomic E-state index is 10.3. The van der Waals surface area contributed by atoms with Crippen LogP contribution in [-0.2, 0) is 12.6 Å². The lowest BCUT2D eigenvalue weighted by molar-refractivity contribution is -0.000686. The standard InChI is InChI=1S/C10H16N2O/c1-12-8-9(7-11-12)10(13)5-3-2-4-6-10/h7-8,13H,2-6H2,1H3. The smallest absolute Gasteiger partial charge is 0.0926 e. The van der Waals surface area contributed by atoms with Crippen molar-refractivity contribution in [1.29, 1.82) is 0 Å². The number of aryl methyl sites for hydroxylation is 1. The van der Waals surface area contributed by atoms with Gasteiger partial charge in [-0.1, -0.05) is 19.3 Å². The molecular weight excluding hydrogens is 164 g/mol. The number of hydrogen-bond acceptors (Lipinski definition) is 2. The van der Waals surface area contributed by atoms with Crippen LogP contribution < -0.4 is 0 Å². The van der Waals surface area contributed by atoms with Gasteiger partial charge in [0.1, 0.15) is 0 Å². The summed E-state index contributed by atoms with van der Waals surface area (Å²) in [5.41, 5.74) is 0.390. The van der Waals surface area contributed by atoms with Crippen LogP contribution in [0.2, 0.25) is 0 Å². The van der Waals surface area contributed by atoms with Gasteiger partial charge in [-0.05, 0) is 12.8 Å². The number of aromatic nitrogens is 2. The van der Waals surface area contributed by atoms with Gasteiger partial charge in [-0.3, -0.25) is 4.68 Å². The van der Waals surface area contributed by atoms with E-state index in [4.69, 9.17) is 0 Å². The summed E-state index contributed by atoms with van der Waals surface area (Å²) >= 11 is 0. The molecule has 1 fully saturated rings. The molecule has 0 saturated heterocycles. The van der Waals surface area contributed by atoms with Gasteiger partial charge in [0.15, 0.2) is 0 Å². The topological polar surface area (TPSA) is 38.0 Å². The van der Waals surface area contributed by atoms with Crippen molar-refractivity contribution in [3.8, 4) is 0 Å². The van der Waals surface area contributed by atoms with Crippen LogP contribution in [0.25, 0.3) is 0 Å². The van der Waals surface area contributed by atoms with Gasteiger partial charge in [0.25, 0.3) is 0 Å². The van der Waals surface area contributed by atoms with Gasteiger partial charge in [-0.2, -0.15) is 5.10 Å². The first kappa shape index (κ1) is 8.75. The van der Waals surface area contributed by atoms with E-state index in [1.807, 2.05) is 13.2 Å². The highest BCUT2D eigenvalue weighted by Crippen LogP contribution is 2.36. The zero-order valence-electron chi connectivity index (χ0n) is 8.03. The molecule has 1 heterocycles. The van der Waals surface area contributed by atoms with Crippen molar-refractivity contribution in [1.82, 2.24) is 9.78 Å². The molecule has 0 bridgehead atoms. The second-order valence-electron chi connectivity index (χ2n) is 3.99. The first-order valence-electron chi connectivity index (χ1n) is 4.92. The summed E-state index contributed by atoms with van der Waals surface area (Å²) in [5.74, 6) is 0. The first-order chi connectivity index (χ1) is 6.21. The monoisotopic (exact) mass is 180 g/mol. The maximum Gasteiger partial charge on any atom is 0.0926 e. The van der Waals surface area contributed by atoms with E-state index in [0.717, 1.165) is 31.2 Å². The van der Waals surface area contributed by atoms with Crippen molar-refractivity contribution in [2.45, 2.75) is 37.7 Å². The molecule has 0 atom stereocenters. The average Bonchev–Trinajstić information content (AvgIpc) is 2.54. The molecule has 3 nitrogen and oxygen atoms in total. The summed E-state index contributed by atoms with van der Waals surface area (Å²) in [5, 5.41) is 14.4. The Balaban J connectivity index is 2.22. The zero-order valence-corrected chi connectivity index (χ0v) is 8.03. The van der Waals surface area contributed by atoms with Gasteiger partial charge in [0.05, 0.1) is 11.8 Å². The van der Waals surface area contributed by atoms with Crippen LogP contribution in [0.4, 0.5) is 0 Å². The lowest BCUT2D eigenvalue weighted by Gasteiger charge is -2.30. The molecule has 1 aliphatic rings. The molecule has 72 valence electrons. The second-order valence-corrected chi connectivity index (χ2v) is 3.99. The predicted molar refractivity (Wildman–Crippen MR) is 50.2 cm³/mol. The molecule has 0 spiro atoms. The predicted octanol–water partition coefficient (Wildman–Crippen LogP) is 1.57. The second kappa shape index (κ2) is 3.14. The minimum Gasteiger partial charge on any atom is -0.385 e. The van der Waals surface area contributed by atoms with Gasteiger partial charge in [-0.15, -0.1) is 0 Å². The third-order valence-corrected chi connectivity index (χ3v) is 2.92. The summed E-state index contributed by atoms with van der Waals surface area (Å²) in [6, 6.07) is 0. The number of hydrogen-bond donors (Lipinski definition) is 1.